The molecule has 0 atom stereocenters. The Morgan fingerprint density at radius 3 is 2.39 bits per heavy atom. The fraction of sp³-hybridized carbons (Fsp3) is 0.462. The van der Waals surface area contributed by atoms with Crippen LogP contribution < -0.4 is 10.1 Å². The zero-order valence-corrected chi connectivity index (χ0v) is 9.86. The van der Waals surface area contributed by atoms with Crippen molar-refractivity contribution in [3.8, 4) is 5.75 Å². The van der Waals surface area contributed by atoms with Gasteiger partial charge in [-0.15, -0.1) is 0 Å². The molecule has 98 valence electrons. The van der Waals surface area contributed by atoms with Gasteiger partial charge in [-0.1, -0.05) is 12.8 Å². The Labute approximate surface area is 104 Å². The van der Waals surface area contributed by atoms with Crippen LogP contribution in [0.2, 0.25) is 0 Å². The molecule has 1 amide bonds. The van der Waals surface area contributed by atoms with Gasteiger partial charge in [0, 0.05) is 11.6 Å². The van der Waals surface area contributed by atoms with E-state index in [0.717, 1.165) is 25.7 Å². The van der Waals surface area contributed by atoms with E-state index in [-0.39, 0.29) is 17.7 Å². The predicted octanol–water partition coefficient (Wildman–Crippen LogP) is 2.96. The van der Waals surface area contributed by atoms with Crippen molar-refractivity contribution >= 4 is 5.91 Å². The first-order valence-corrected chi connectivity index (χ1v) is 6.01. The summed E-state index contributed by atoms with van der Waals surface area (Å²) in [5.41, 5.74) is 0.462. The Kier molecular flexibility index (Phi) is 4.12. The Balaban J connectivity index is 1.93. The molecule has 0 heterocycles. The number of hydrogen-bond acceptors (Lipinski definition) is 2. The van der Waals surface area contributed by atoms with Crippen LogP contribution in [-0.2, 0) is 0 Å². The molecule has 1 saturated carbocycles. The van der Waals surface area contributed by atoms with Crippen LogP contribution in [0, 0.1) is 0 Å². The van der Waals surface area contributed by atoms with Crippen molar-refractivity contribution in [2.24, 2.45) is 0 Å². The number of rotatable bonds is 4. The number of alkyl halides is 2. The van der Waals surface area contributed by atoms with Gasteiger partial charge in [-0.05, 0) is 37.1 Å². The highest BCUT2D eigenvalue weighted by molar-refractivity contribution is 5.94. The van der Waals surface area contributed by atoms with Crippen LogP contribution in [0.3, 0.4) is 0 Å². The summed E-state index contributed by atoms with van der Waals surface area (Å²) in [7, 11) is 0. The lowest BCUT2D eigenvalue weighted by molar-refractivity contribution is -0.0498. The lowest BCUT2D eigenvalue weighted by Crippen LogP contribution is -2.32. The fourth-order valence-corrected chi connectivity index (χ4v) is 2.13. The van der Waals surface area contributed by atoms with Gasteiger partial charge in [-0.25, -0.2) is 0 Å². The van der Waals surface area contributed by atoms with Crippen LogP contribution in [-0.4, -0.2) is 18.6 Å². The van der Waals surface area contributed by atoms with Gasteiger partial charge in [0.15, 0.2) is 0 Å². The van der Waals surface area contributed by atoms with E-state index in [1.165, 1.54) is 24.3 Å². The van der Waals surface area contributed by atoms with E-state index in [9.17, 15) is 13.6 Å². The number of ether oxygens (including phenoxy) is 1. The van der Waals surface area contributed by atoms with Gasteiger partial charge in [0.05, 0.1) is 0 Å². The highest BCUT2D eigenvalue weighted by Crippen LogP contribution is 2.19. The number of hydrogen-bond donors (Lipinski definition) is 1. The van der Waals surface area contributed by atoms with Crippen molar-refractivity contribution in [2.45, 2.75) is 38.3 Å². The monoisotopic (exact) mass is 255 g/mol. The molecule has 1 aliphatic rings. The number of nitrogens with one attached hydrogen (secondary N) is 1. The molecule has 5 heteroatoms. The van der Waals surface area contributed by atoms with Crippen molar-refractivity contribution in [3.63, 3.8) is 0 Å². The molecule has 0 spiro atoms. The Morgan fingerprint density at radius 1 is 1.22 bits per heavy atom. The van der Waals surface area contributed by atoms with Gasteiger partial charge in [0.2, 0.25) is 0 Å². The van der Waals surface area contributed by atoms with Crippen LogP contribution in [0.4, 0.5) is 8.78 Å². The standard InChI is InChI=1S/C13H15F2NO2/c14-13(15)18-11-7-5-9(6-8-11)12(17)16-10-3-1-2-4-10/h5-8,10,13H,1-4H2,(H,16,17). The first-order chi connectivity index (χ1) is 8.65. The fourth-order valence-electron chi connectivity index (χ4n) is 2.13. The van der Waals surface area contributed by atoms with Gasteiger partial charge in [-0.2, -0.15) is 8.78 Å². The Hall–Kier alpha value is -1.65. The van der Waals surface area contributed by atoms with Crippen molar-refractivity contribution in [1.82, 2.24) is 5.32 Å². The van der Waals surface area contributed by atoms with Crippen LogP contribution in [0.25, 0.3) is 0 Å². The molecule has 1 aliphatic carbocycles. The van der Waals surface area contributed by atoms with Crippen LogP contribution in [0.5, 0.6) is 5.75 Å². The minimum absolute atomic E-state index is 0.0578. The van der Waals surface area contributed by atoms with Gasteiger partial charge < -0.3 is 10.1 Å². The van der Waals surface area contributed by atoms with Crippen LogP contribution in [0.15, 0.2) is 24.3 Å². The summed E-state index contributed by atoms with van der Waals surface area (Å²) in [5.74, 6) is -0.104. The zero-order chi connectivity index (χ0) is 13.0. The molecule has 0 aliphatic heterocycles. The molecule has 2 rings (SSSR count). The molecular weight excluding hydrogens is 240 g/mol. The summed E-state index contributed by atoms with van der Waals surface area (Å²) < 4.78 is 28.1. The van der Waals surface area contributed by atoms with E-state index >= 15 is 0 Å². The SMILES string of the molecule is O=C(NC1CCCC1)c1ccc(OC(F)F)cc1. The summed E-state index contributed by atoms with van der Waals surface area (Å²) in [4.78, 5) is 11.8. The largest absolute Gasteiger partial charge is 0.435 e. The second kappa shape index (κ2) is 5.80. The highest BCUT2D eigenvalue weighted by Gasteiger charge is 2.17. The molecule has 0 radical (unpaired) electrons. The first-order valence-electron chi connectivity index (χ1n) is 6.01. The molecule has 1 aromatic rings. The molecule has 18 heavy (non-hydrogen) atoms. The maximum Gasteiger partial charge on any atom is 0.387 e. The quantitative estimate of drug-likeness (QED) is 0.898. The molecule has 1 N–H and O–H groups in total. The summed E-state index contributed by atoms with van der Waals surface area (Å²) in [5, 5.41) is 2.93. The summed E-state index contributed by atoms with van der Waals surface area (Å²) in [6.45, 7) is -2.84. The smallest absolute Gasteiger partial charge is 0.387 e. The number of carbonyl (C=O) groups is 1. The summed E-state index contributed by atoms with van der Waals surface area (Å²) in [6.07, 6.45) is 4.31. The van der Waals surface area contributed by atoms with Crippen molar-refractivity contribution in [3.05, 3.63) is 29.8 Å². The zero-order valence-electron chi connectivity index (χ0n) is 9.86. The van der Waals surface area contributed by atoms with Crippen LogP contribution >= 0.6 is 0 Å². The van der Waals surface area contributed by atoms with Gasteiger partial charge in [-0.3, -0.25) is 4.79 Å². The Morgan fingerprint density at radius 2 is 1.83 bits per heavy atom. The number of halogens is 2. The van der Waals surface area contributed by atoms with Gasteiger partial charge in [0.25, 0.3) is 5.91 Å². The van der Waals surface area contributed by atoms with E-state index in [1.54, 1.807) is 0 Å². The minimum Gasteiger partial charge on any atom is -0.435 e. The maximum atomic E-state index is 11.9. The van der Waals surface area contributed by atoms with Crippen LogP contribution in [0.1, 0.15) is 36.0 Å². The van der Waals surface area contributed by atoms with Crippen molar-refractivity contribution < 1.29 is 18.3 Å². The topological polar surface area (TPSA) is 38.3 Å². The second-order valence-corrected chi connectivity index (χ2v) is 4.36. The lowest BCUT2D eigenvalue weighted by Gasteiger charge is -2.12. The average Bonchev–Trinajstić information content (AvgIpc) is 2.82. The molecular formula is C13H15F2NO2. The van der Waals surface area contributed by atoms with Crippen molar-refractivity contribution in [1.29, 1.82) is 0 Å². The van der Waals surface area contributed by atoms with E-state index in [4.69, 9.17) is 0 Å². The highest BCUT2D eigenvalue weighted by atomic mass is 19.3. The number of benzene rings is 1. The lowest BCUT2D eigenvalue weighted by atomic mass is 10.2. The second-order valence-electron chi connectivity index (χ2n) is 4.36. The third kappa shape index (κ3) is 3.42. The average molecular weight is 255 g/mol. The van der Waals surface area contributed by atoms with Gasteiger partial charge in [0.1, 0.15) is 5.75 Å². The predicted molar refractivity (Wildman–Crippen MR) is 62.8 cm³/mol. The van der Waals surface area contributed by atoms with E-state index in [0.29, 0.717) is 5.56 Å². The molecule has 0 aromatic heterocycles. The molecule has 0 saturated heterocycles. The maximum absolute atomic E-state index is 11.9. The molecule has 0 unspecified atom stereocenters. The minimum atomic E-state index is -2.84. The molecule has 1 aromatic carbocycles. The summed E-state index contributed by atoms with van der Waals surface area (Å²) >= 11 is 0. The number of amides is 1. The van der Waals surface area contributed by atoms with E-state index in [1.807, 2.05) is 0 Å². The molecule has 3 nitrogen and oxygen atoms in total. The van der Waals surface area contributed by atoms with Crippen molar-refractivity contribution in [2.75, 3.05) is 0 Å². The Bertz CT molecular complexity index is 400. The third-order valence-electron chi connectivity index (χ3n) is 3.03. The first kappa shape index (κ1) is 12.8. The molecule has 0 bridgehead atoms. The summed E-state index contributed by atoms with van der Waals surface area (Å²) in [6, 6.07) is 5.96. The van der Waals surface area contributed by atoms with E-state index < -0.39 is 6.61 Å². The van der Waals surface area contributed by atoms with E-state index in [2.05, 4.69) is 10.1 Å². The van der Waals surface area contributed by atoms with Gasteiger partial charge >= 0.3 is 6.61 Å². The third-order valence-corrected chi connectivity index (χ3v) is 3.03. The normalized spacial score (nSPS) is 15.9. The number of carbonyl (C=O) groups excluding carboxylic acids is 1. The molecule has 1 fully saturated rings.